The van der Waals surface area contributed by atoms with E-state index >= 15 is 0 Å². The van der Waals surface area contributed by atoms with Crippen molar-refractivity contribution in [1.82, 2.24) is 0 Å². The second kappa shape index (κ2) is 9.06. The minimum absolute atomic E-state index is 0.0185. The van der Waals surface area contributed by atoms with Crippen LogP contribution in [-0.4, -0.2) is 104 Å². The van der Waals surface area contributed by atoms with Crippen molar-refractivity contribution in [2.24, 2.45) is 11.5 Å². The molecule has 0 aromatic heterocycles. The third-order valence-corrected chi connectivity index (χ3v) is 5.13. The van der Waals surface area contributed by atoms with Crippen molar-refractivity contribution in [1.29, 1.82) is 0 Å². The molecule has 3 fully saturated rings. The zero-order valence-electron chi connectivity index (χ0n) is 16.6. The first-order chi connectivity index (χ1) is 13.7. The predicted molar refractivity (Wildman–Crippen MR) is 94.1 cm³/mol. The second-order valence-corrected chi connectivity index (χ2v) is 7.68. The Morgan fingerprint density at radius 2 is 1.79 bits per heavy atom. The summed E-state index contributed by atoms with van der Waals surface area (Å²) < 4.78 is 38.5. The van der Waals surface area contributed by atoms with E-state index in [1.165, 1.54) is 7.11 Å². The molecular weight excluding hydrogens is 392 g/mol. The van der Waals surface area contributed by atoms with Crippen LogP contribution in [0.1, 0.15) is 13.8 Å². The fraction of sp³-hybridized carbons (Fsp3) is 0.941. The van der Waals surface area contributed by atoms with Crippen molar-refractivity contribution >= 4 is 5.97 Å². The van der Waals surface area contributed by atoms with E-state index in [4.69, 9.17) is 39.9 Å². The lowest BCUT2D eigenvalue weighted by Gasteiger charge is -2.42. The lowest BCUT2D eigenvalue weighted by atomic mass is 9.97. The predicted octanol–water partition coefficient (Wildman–Crippen LogP) is -2.83. The van der Waals surface area contributed by atoms with E-state index < -0.39 is 80.2 Å². The smallest absolute Gasteiger partial charge is 0.331 e. The SMILES string of the molecule is COC(=O)COC1C(N)[C@H](OC[C@H]2OC(N)[C@@H]3OC(C)(C)O[C@H]23)OC(CO)[C@H]1O. The number of methoxy groups -OCH3 is 1. The molecular formula is C17H30N2O10. The van der Waals surface area contributed by atoms with Gasteiger partial charge >= 0.3 is 5.97 Å². The van der Waals surface area contributed by atoms with E-state index in [9.17, 15) is 15.0 Å². The van der Waals surface area contributed by atoms with Gasteiger partial charge in [-0.3, -0.25) is 0 Å². The summed E-state index contributed by atoms with van der Waals surface area (Å²) in [6, 6.07) is -0.944. The number of carbonyl (C=O) groups is 1. The van der Waals surface area contributed by atoms with E-state index in [0.29, 0.717) is 0 Å². The Morgan fingerprint density at radius 3 is 2.45 bits per heavy atom. The average Bonchev–Trinajstić information content (AvgIpc) is 3.14. The Hall–Kier alpha value is -0.930. The van der Waals surface area contributed by atoms with Gasteiger partial charge in [0, 0.05) is 0 Å². The van der Waals surface area contributed by atoms with Gasteiger partial charge in [-0.05, 0) is 13.8 Å². The molecule has 3 aliphatic heterocycles. The highest BCUT2D eigenvalue weighted by Crippen LogP contribution is 2.37. The molecule has 29 heavy (non-hydrogen) atoms. The number of hydrogen-bond donors (Lipinski definition) is 4. The third kappa shape index (κ3) is 4.88. The van der Waals surface area contributed by atoms with Crippen LogP contribution < -0.4 is 11.5 Å². The fourth-order valence-electron chi connectivity index (χ4n) is 3.71. The highest BCUT2D eigenvalue weighted by atomic mass is 16.8. The van der Waals surface area contributed by atoms with Crippen LogP contribution in [0.3, 0.4) is 0 Å². The van der Waals surface area contributed by atoms with Gasteiger partial charge in [0.2, 0.25) is 0 Å². The van der Waals surface area contributed by atoms with Gasteiger partial charge in [-0.1, -0.05) is 0 Å². The topological polar surface area (TPSA) is 174 Å². The number of aliphatic hydroxyl groups is 2. The summed E-state index contributed by atoms with van der Waals surface area (Å²) >= 11 is 0. The average molecular weight is 422 g/mol. The molecule has 3 aliphatic rings. The molecule has 0 aromatic rings. The molecule has 9 atom stereocenters. The van der Waals surface area contributed by atoms with Gasteiger partial charge in [-0.15, -0.1) is 0 Å². The molecule has 0 aliphatic carbocycles. The highest BCUT2D eigenvalue weighted by molar-refractivity contribution is 5.70. The molecule has 3 heterocycles. The fourth-order valence-corrected chi connectivity index (χ4v) is 3.71. The van der Waals surface area contributed by atoms with E-state index in [1.54, 1.807) is 13.8 Å². The van der Waals surface area contributed by atoms with E-state index in [2.05, 4.69) is 4.74 Å². The van der Waals surface area contributed by atoms with Crippen LogP contribution in [0.5, 0.6) is 0 Å². The van der Waals surface area contributed by atoms with Gasteiger partial charge in [0.1, 0.15) is 49.5 Å². The molecule has 0 spiro atoms. The van der Waals surface area contributed by atoms with Crippen LogP contribution >= 0.6 is 0 Å². The van der Waals surface area contributed by atoms with Crippen LogP contribution in [0.4, 0.5) is 0 Å². The molecule has 0 radical (unpaired) electrons. The molecule has 3 saturated heterocycles. The molecule has 168 valence electrons. The van der Waals surface area contributed by atoms with Crippen LogP contribution in [-0.2, 0) is 38.0 Å². The minimum atomic E-state index is -1.26. The number of fused-ring (bicyclic) bond motifs is 1. The summed E-state index contributed by atoms with van der Waals surface area (Å²) in [6.45, 7) is 2.68. The van der Waals surface area contributed by atoms with E-state index in [-0.39, 0.29) is 6.61 Å². The molecule has 0 saturated carbocycles. The Morgan fingerprint density at radius 1 is 1.10 bits per heavy atom. The Labute approximate surface area is 168 Å². The van der Waals surface area contributed by atoms with Gasteiger partial charge in [0.25, 0.3) is 0 Å². The van der Waals surface area contributed by atoms with Crippen molar-refractivity contribution in [3.05, 3.63) is 0 Å². The largest absolute Gasteiger partial charge is 0.467 e. The molecule has 3 rings (SSSR count). The van der Waals surface area contributed by atoms with Crippen molar-refractivity contribution in [3.63, 3.8) is 0 Å². The maximum absolute atomic E-state index is 11.4. The maximum atomic E-state index is 11.4. The van der Waals surface area contributed by atoms with Crippen molar-refractivity contribution in [2.75, 3.05) is 26.9 Å². The highest BCUT2D eigenvalue weighted by Gasteiger charge is 2.54. The summed E-state index contributed by atoms with van der Waals surface area (Å²) in [5.41, 5.74) is 12.1. The molecule has 12 nitrogen and oxygen atoms in total. The summed E-state index contributed by atoms with van der Waals surface area (Å²) in [7, 11) is 1.21. The summed E-state index contributed by atoms with van der Waals surface area (Å²) in [6.07, 6.45) is -6.37. The van der Waals surface area contributed by atoms with Gasteiger partial charge in [-0.25, -0.2) is 4.79 Å². The number of ether oxygens (including phenoxy) is 7. The van der Waals surface area contributed by atoms with Crippen LogP contribution in [0.2, 0.25) is 0 Å². The zero-order valence-corrected chi connectivity index (χ0v) is 16.6. The summed E-state index contributed by atoms with van der Waals surface area (Å²) in [5.74, 6) is -1.42. The van der Waals surface area contributed by atoms with Crippen LogP contribution in [0.15, 0.2) is 0 Å². The van der Waals surface area contributed by atoms with Gasteiger partial charge in [0.05, 0.1) is 26.4 Å². The first-order valence-corrected chi connectivity index (χ1v) is 9.43. The molecule has 0 bridgehead atoms. The number of hydrogen-bond acceptors (Lipinski definition) is 12. The van der Waals surface area contributed by atoms with Gasteiger partial charge in [0.15, 0.2) is 12.1 Å². The lowest BCUT2D eigenvalue weighted by molar-refractivity contribution is -0.280. The number of rotatable bonds is 7. The normalized spacial score (nSPS) is 43.9. The quantitative estimate of drug-likeness (QED) is 0.310. The van der Waals surface area contributed by atoms with Crippen molar-refractivity contribution < 1.29 is 48.2 Å². The first kappa shape index (κ1) is 22.7. The summed E-state index contributed by atoms with van der Waals surface area (Å²) in [4.78, 5) is 11.4. The number of esters is 1. The van der Waals surface area contributed by atoms with Gasteiger partial charge in [-0.2, -0.15) is 0 Å². The molecule has 0 aromatic carbocycles. The Bertz CT molecular complexity index is 578. The van der Waals surface area contributed by atoms with E-state index in [1.807, 2.05) is 0 Å². The monoisotopic (exact) mass is 422 g/mol. The first-order valence-electron chi connectivity index (χ1n) is 9.43. The Kier molecular flexibility index (Phi) is 7.10. The van der Waals surface area contributed by atoms with Crippen molar-refractivity contribution in [2.45, 2.75) is 74.8 Å². The standard InChI is InChI=1S/C17H30N2O10/c1-17(2)28-12-8(26-15(19)14(12)29-17)5-25-16-10(18)13(24-6-9(21)23-3)11(22)7(4-20)27-16/h7-8,10-16,20,22H,4-6,18-19H2,1-3H3/t7?,8-,10?,11-,12-,13?,14-,15?,16-/m1/s1. The number of nitrogens with two attached hydrogens (primary N) is 2. The van der Waals surface area contributed by atoms with Crippen molar-refractivity contribution in [3.8, 4) is 0 Å². The summed E-state index contributed by atoms with van der Waals surface area (Å²) in [5, 5.41) is 19.8. The van der Waals surface area contributed by atoms with Crippen LogP contribution in [0, 0.1) is 0 Å². The maximum Gasteiger partial charge on any atom is 0.331 e. The van der Waals surface area contributed by atoms with Gasteiger partial charge < -0.3 is 54.8 Å². The second-order valence-electron chi connectivity index (χ2n) is 7.68. The lowest BCUT2D eigenvalue weighted by Crippen LogP contribution is -2.63. The molecule has 6 N–H and O–H groups in total. The minimum Gasteiger partial charge on any atom is -0.467 e. The molecule has 4 unspecified atom stereocenters. The zero-order chi connectivity index (χ0) is 21.3. The third-order valence-electron chi connectivity index (χ3n) is 5.13. The Balaban J connectivity index is 1.61. The molecule has 0 amide bonds. The molecule has 12 heteroatoms. The number of carbonyl (C=O) groups excluding carboxylic acids is 1. The van der Waals surface area contributed by atoms with Crippen LogP contribution in [0.25, 0.3) is 0 Å². The van der Waals surface area contributed by atoms with E-state index in [0.717, 1.165) is 0 Å². The number of aliphatic hydroxyl groups excluding tert-OH is 2.